The summed E-state index contributed by atoms with van der Waals surface area (Å²) < 4.78 is 13.4. The van der Waals surface area contributed by atoms with Crippen molar-refractivity contribution in [3.63, 3.8) is 0 Å². The van der Waals surface area contributed by atoms with Gasteiger partial charge in [-0.2, -0.15) is 0 Å². The normalized spacial score (nSPS) is 12.9. The van der Waals surface area contributed by atoms with Crippen molar-refractivity contribution >= 4 is 16.7 Å². The van der Waals surface area contributed by atoms with Gasteiger partial charge in [-0.15, -0.1) is 0 Å². The zero-order valence-electron chi connectivity index (χ0n) is 10.4. The third-order valence-electron chi connectivity index (χ3n) is 3.60. The van der Waals surface area contributed by atoms with Gasteiger partial charge in [0.05, 0.1) is 5.69 Å². The number of benzene rings is 1. The Bertz CT molecular complexity index is 805. The molecule has 2 N–H and O–H groups in total. The highest BCUT2D eigenvalue weighted by Gasteiger charge is 2.21. The van der Waals surface area contributed by atoms with Crippen LogP contribution in [0.3, 0.4) is 0 Å². The first-order valence-corrected chi connectivity index (χ1v) is 6.24. The van der Waals surface area contributed by atoms with E-state index in [9.17, 15) is 4.39 Å². The molecule has 4 heteroatoms. The van der Waals surface area contributed by atoms with Gasteiger partial charge in [-0.25, -0.2) is 9.37 Å². The number of nitrogens with one attached hydrogen (secondary N) is 2. The summed E-state index contributed by atoms with van der Waals surface area (Å²) in [5.41, 5.74) is 5.14. The predicted octanol–water partition coefficient (Wildman–Crippen LogP) is 3.60. The second-order valence-corrected chi connectivity index (χ2v) is 4.87. The molecule has 3 heterocycles. The monoisotopic (exact) mass is 253 g/mol. The smallest absolute Gasteiger partial charge is 0.135 e. The molecule has 1 aromatic carbocycles. The van der Waals surface area contributed by atoms with Crippen LogP contribution in [0.5, 0.6) is 0 Å². The van der Waals surface area contributed by atoms with Gasteiger partial charge in [0, 0.05) is 34.3 Å². The third-order valence-corrected chi connectivity index (χ3v) is 3.60. The van der Waals surface area contributed by atoms with Crippen molar-refractivity contribution in [2.45, 2.75) is 13.5 Å². The van der Waals surface area contributed by atoms with E-state index in [1.807, 2.05) is 19.1 Å². The molecule has 0 bridgehead atoms. The average Bonchev–Trinajstić information content (AvgIpc) is 2.76. The van der Waals surface area contributed by atoms with Crippen LogP contribution in [0, 0.1) is 12.7 Å². The molecular formula is C15H12FN3. The van der Waals surface area contributed by atoms with E-state index >= 15 is 0 Å². The van der Waals surface area contributed by atoms with E-state index < -0.39 is 0 Å². The Morgan fingerprint density at radius 2 is 2.11 bits per heavy atom. The lowest BCUT2D eigenvalue weighted by molar-refractivity contribution is 0.629. The fourth-order valence-electron chi connectivity index (χ4n) is 2.70. The van der Waals surface area contributed by atoms with Crippen LogP contribution in [0.1, 0.15) is 11.3 Å². The summed E-state index contributed by atoms with van der Waals surface area (Å²) in [6, 6.07) is 8.88. The molecule has 1 aliphatic heterocycles. The summed E-state index contributed by atoms with van der Waals surface area (Å²) in [6.45, 7) is 2.64. The van der Waals surface area contributed by atoms with Gasteiger partial charge < -0.3 is 10.3 Å². The zero-order valence-corrected chi connectivity index (χ0v) is 10.4. The lowest BCUT2D eigenvalue weighted by atomic mass is 10.0. The molecule has 0 unspecified atom stereocenters. The van der Waals surface area contributed by atoms with Gasteiger partial charge in [-0.05, 0) is 37.3 Å². The maximum absolute atomic E-state index is 13.4. The van der Waals surface area contributed by atoms with Crippen LogP contribution in [0.25, 0.3) is 22.2 Å². The molecule has 1 aliphatic rings. The molecular weight excluding hydrogens is 241 g/mol. The van der Waals surface area contributed by atoms with Crippen LogP contribution in [-0.2, 0) is 6.54 Å². The molecule has 0 radical (unpaired) electrons. The molecule has 19 heavy (non-hydrogen) atoms. The van der Waals surface area contributed by atoms with Gasteiger partial charge in [0.1, 0.15) is 11.6 Å². The first-order chi connectivity index (χ1) is 9.22. The fourth-order valence-corrected chi connectivity index (χ4v) is 2.70. The van der Waals surface area contributed by atoms with Gasteiger partial charge in [-0.1, -0.05) is 0 Å². The van der Waals surface area contributed by atoms with Crippen molar-refractivity contribution in [1.29, 1.82) is 0 Å². The van der Waals surface area contributed by atoms with Gasteiger partial charge in [0.2, 0.25) is 0 Å². The third kappa shape index (κ3) is 1.46. The van der Waals surface area contributed by atoms with Crippen LogP contribution in [0.2, 0.25) is 0 Å². The fraction of sp³-hybridized carbons (Fsp3) is 0.133. The lowest BCUT2D eigenvalue weighted by Crippen LogP contribution is -2.09. The number of hydrogen-bond donors (Lipinski definition) is 2. The minimum absolute atomic E-state index is 0.206. The van der Waals surface area contributed by atoms with Crippen molar-refractivity contribution in [3.05, 3.63) is 47.4 Å². The van der Waals surface area contributed by atoms with Crippen molar-refractivity contribution in [3.8, 4) is 11.3 Å². The SMILES string of the molecule is Cc1ccc2c(n1)NCc1c-2[nH]c2ccc(F)cc12. The summed E-state index contributed by atoms with van der Waals surface area (Å²) in [5, 5.41) is 4.24. The van der Waals surface area contributed by atoms with Crippen molar-refractivity contribution < 1.29 is 4.39 Å². The molecule has 3 aromatic rings. The highest BCUT2D eigenvalue weighted by atomic mass is 19.1. The van der Waals surface area contributed by atoms with E-state index in [2.05, 4.69) is 15.3 Å². The Labute approximate surface area is 109 Å². The maximum Gasteiger partial charge on any atom is 0.135 e. The lowest BCUT2D eigenvalue weighted by Gasteiger charge is -2.18. The number of pyridine rings is 1. The van der Waals surface area contributed by atoms with Crippen LogP contribution in [0.15, 0.2) is 30.3 Å². The Hall–Kier alpha value is -2.36. The minimum atomic E-state index is -0.206. The summed E-state index contributed by atoms with van der Waals surface area (Å²) in [5.74, 6) is 0.682. The van der Waals surface area contributed by atoms with E-state index in [1.54, 1.807) is 12.1 Å². The number of aromatic nitrogens is 2. The van der Waals surface area contributed by atoms with Crippen molar-refractivity contribution in [2.24, 2.45) is 0 Å². The Morgan fingerprint density at radius 1 is 1.21 bits per heavy atom. The molecule has 4 rings (SSSR count). The summed E-state index contributed by atoms with van der Waals surface area (Å²) in [4.78, 5) is 7.87. The number of hydrogen-bond acceptors (Lipinski definition) is 2. The maximum atomic E-state index is 13.4. The second-order valence-electron chi connectivity index (χ2n) is 4.87. The summed E-state index contributed by atoms with van der Waals surface area (Å²) >= 11 is 0. The van der Waals surface area contributed by atoms with Gasteiger partial charge in [0.15, 0.2) is 0 Å². The molecule has 0 spiro atoms. The summed E-state index contributed by atoms with van der Waals surface area (Å²) in [7, 11) is 0. The number of rotatable bonds is 0. The topological polar surface area (TPSA) is 40.7 Å². The van der Waals surface area contributed by atoms with Gasteiger partial charge >= 0.3 is 0 Å². The van der Waals surface area contributed by atoms with Crippen LogP contribution < -0.4 is 5.32 Å². The van der Waals surface area contributed by atoms with E-state index in [0.29, 0.717) is 6.54 Å². The summed E-state index contributed by atoms with van der Waals surface area (Å²) in [6.07, 6.45) is 0. The second kappa shape index (κ2) is 3.57. The highest BCUT2D eigenvalue weighted by Crippen LogP contribution is 2.37. The predicted molar refractivity (Wildman–Crippen MR) is 73.6 cm³/mol. The Balaban J connectivity index is 2.04. The Kier molecular flexibility index (Phi) is 1.98. The van der Waals surface area contributed by atoms with Crippen LogP contribution >= 0.6 is 0 Å². The highest BCUT2D eigenvalue weighted by molar-refractivity contribution is 5.94. The quantitative estimate of drug-likeness (QED) is 0.642. The van der Waals surface area contributed by atoms with E-state index in [4.69, 9.17) is 0 Å². The van der Waals surface area contributed by atoms with E-state index in [0.717, 1.165) is 39.2 Å². The number of fused-ring (bicyclic) bond motifs is 5. The molecule has 0 fully saturated rings. The molecule has 0 amide bonds. The Morgan fingerprint density at radius 3 is 3.00 bits per heavy atom. The molecule has 94 valence electrons. The standard InChI is InChI=1S/C15H12FN3/c1-8-2-4-10-14-12(7-17-15(10)18-8)11-6-9(16)3-5-13(11)19-14/h2-6,19H,7H2,1H3,(H,17,18). The molecule has 0 saturated heterocycles. The number of aryl methyl sites for hydroxylation is 1. The molecule has 3 nitrogen and oxygen atoms in total. The van der Waals surface area contributed by atoms with Crippen LogP contribution in [0.4, 0.5) is 10.2 Å². The number of anilines is 1. The van der Waals surface area contributed by atoms with Crippen molar-refractivity contribution in [1.82, 2.24) is 9.97 Å². The number of halogens is 1. The van der Waals surface area contributed by atoms with Gasteiger partial charge in [0.25, 0.3) is 0 Å². The average molecular weight is 253 g/mol. The first-order valence-electron chi connectivity index (χ1n) is 6.24. The molecule has 0 atom stereocenters. The first kappa shape index (κ1) is 10.6. The molecule has 0 aliphatic carbocycles. The van der Waals surface area contributed by atoms with Crippen molar-refractivity contribution in [2.75, 3.05) is 5.32 Å². The largest absolute Gasteiger partial charge is 0.365 e. The molecule has 2 aromatic heterocycles. The zero-order chi connectivity index (χ0) is 13.0. The molecule has 0 saturated carbocycles. The number of nitrogens with zero attached hydrogens (tertiary/aromatic N) is 1. The minimum Gasteiger partial charge on any atom is -0.365 e. The van der Waals surface area contributed by atoms with E-state index in [-0.39, 0.29) is 5.82 Å². The van der Waals surface area contributed by atoms with Crippen LogP contribution in [-0.4, -0.2) is 9.97 Å². The number of H-pyrrole nitrogens is 1. The number of aromatic amines is 1. The van der Waals surface area contributed by atoms with E-state index in [1.165, 1.54) is 6.07 Å². The van der Waals surface area contributed by atoms with Gasteiger partial charge in [-0.3, -0.25) is 0 Å².